The van der Waals surface area contributed by atoms with Gasteiger partial charge in [-0.15, -0.1) is 0 Å². The van der Waals surface area contributed by atoms with Gasteiger partial charge in [0.1, 0.15) is 5.75 Å². The van der Waals surface area contributed by atoms with E-state index in [0.29, 0.717) is 13.0 Å². The highest BCUT2D eigenvalue weighted by Crippen LogP contribution is 2.48. The number of halogens is 3. The number of carboxylic acid groups (broad SMARTS) is 1. The van der Waals surface area contributed by atoms with E-state index in [1.54, 1.807) is 0 Å². The van der Waals surface area contributed by atoms with Crippen LogP contribution in [-0.2, 0) is 4.79 Å². The molecule has 0 bridgehead atoms. The number of hydrogen-bond acceptors (Lipinski definition) is 3. The molecule has 1 saturated heterocycles. The van der Waals surface area contributed by atoms with Crippen molar-refractivity contribution in [3.63, 3.8) is 0 Å². The molecule has 2 N–H and O–H groups in total. The number of urea groups is 1. The van der Waals surface area contributed by atoms with Crippen molar-refractivity contribution in [2.24, 2.45) is 11.3 Å². The summed E-state index contributed by atoms with van der Waals surface area (Å²) < 4.78 is 41.3. The molecule has 1 aliphatic carbocycles. The number of benzene rings is 1. The Morgan fingerprint density at radius 1 is 1.38 bits per heavy atom. The molecule has 0 radical (unpaired) electrons. The molecule has 26 heavy (non-hydrogen) atoms. The van der Waals surface area contributed by atoms with E-state index in [-0.39, 0.29) is 23.9 Å². The molecule has 2 amide bonds. The SMILES string of the molecule is O=C(Nc1cccc(OCC(F)(F)F)c1)N1C[C@@H]2CCC[C@@]2(C(=O)O)C1. The van der Waals surface area contributed by atoms with Crippen molar-refractivity contribution in [2.75, 3.05) is 25.0 Å². The molecular weight excluding hydrogens is 353 g/mol. The van der Waals surface area contributed by atoms with Gasteiger partial charge < -0.3 is 20.1 Å². The fourth-order valence-electron chi connectivity index (χ4n) is 3.82. The van der Waals surface area contributed by atoms with Crippen molar-refractivity contribution < 1.29 is 32.6 Å². The topological polar surface area (TPSA) is 78.9 Å². The van der Waals surface area contributed by atoms with E-state index in [9.17, 15) is 27.9 Å². The lowest BCUT2D eigenvalue weighted by molar-refractivity contribution is -0.153. The summed E-state index contributed by atoms with van der Waals surface area (Å²) in [7, 11) is 0. The molecule has 3 rings (SSSR count). The highest BCUT2D eigenvalue weighted by molar-refractivity contribution is 5.90. The number of carboxylic acids is 1. The van der Waals surface area contributed by atoms with Crippen LogP contribution in [0.3, 0.4) is 0 Å². The quantitative estimate of drug-likeness (QED) is 0.850. The van der Waals surface area contributed by atoms with E-state index in [4.69, 9.17) is 0 Å². The lowest BCUT2D eigenvalue weighted by Gasteiger charge is -2.23. The number of anilines is 1. The van der Waals surface area contributed by atoms with Crippen LogP contribution in [0.25, 0.3) is 0 Å². The minimum Gasteiger partial charge on any atom is -0.484 e. The van der Waals surface area contributed by atoms with E-state index in [0.717, 1.165) is 12.8 Å². The Balaban J connectivity index is 1.63. The van der Waals surface area contributed by atoms with E-state index < -0.39 is 30.2 Å². The standard InChI is InChI=1S/C17H19F3N2O4/c18-17(19,20)10-26-13-5-1-4-12(7-13)21-15(25)22-8-11-3-2-6-16(11,9-22)14(23)24/h1,4-5,7,11H,2-3,6,8-10H2,(H,21,25)(H,23,24)/t11-,16+/m0/s1. The predicted octanol–water partition coefficient (Wildman–Crippen LogP) is 3.35. The molecular formula is C17H19F3N2O4. The summed E-state index contributed by atoms with van der Waals surface area (Å²) in [4.78, 5) is 25.6. The predicted molar refractivity (Wildman–Crippen MR) is 86.0 cm³/mol. The number of fused-ring (bicyclic) bond motifs is 1. The fourth-order valence-corrected chi connectivity index (χ4v) is 3.82. The Morgan fingerprint density at radius 3 is 2.81 bits per heavy atom. The highest BCUT2D eigenvalue weighted by Gasteiger charge is 2.55. The summed E-state index contributed by atoms with van der Waals surface area (Å²) in [6.45, 7) is -0.912. The van der Waals surface area contributed by atoms with Crippen molar-refractivity contribution in [2.45, 2.75) is 25.4 Å². The third-order valence-electron chi connectivity index (χ3n) is 5.07. The minimum absolute atomic E-state index is 0.0135. The van der Waals surface area contributed by atoms with Crippen LogP contribution in [0.1, 0.15) is 19.3 Å². The van der Waals surface area contributed by atoms with Crippen LogP contribution < -0.4 is 10.1 Å². The molecule has 142 valence electrons. The molecule has 1 aromatic rings. The monoisotopic (exact) mass is 372 g/mol. The number of nitrogens with one attached hydrogen (secondary N) is 1. The highest BCUT2D eigenvalue weighted by atomic mass is 19.4. The molecule has 9 heteroatoms. The Kier molecular flexibility index (Phi) is 4.72. The molecule has 6 nitrogen and oxygen atoms in total. The molecule has 0 unspecified atom stereocenters. The van der Waals surface area contributed by atoms with E-state index in [2.05, 4.69) is 10.1 Å². The Labute approximate surface area is 147 Å². The van der Waals surface area contributed by atoms with Gasteiger partial charge in [0.25, 0.3) is 0 Å². The number of likely N-dealkylation sites (tertiary alicyclic amines) is 1. The van der Waals surface area contributed by atoms with Gasteiger partial charge >= 0.3 is 18.2 Å². The lowest BCUT2D eigenvalue weighted by Crippen LogP contribution is -2.38. The number of ether oxygens (including phenoxy) is 1. The minimum atomic E-state index is -4.45. The van der Waals surface area contributed by atoms with Gasteiger partial charge in [-0.05, 0) is 30.9 Å². The van der Waals surface area contributed by atoms with Gasteiger partial charge in [0, 0.05) is 24.8 Å². The average Bonchev–Trinajstić information content (AvgIpc) is 3.11. The average molecular weight is 372 g/mol. The number of rotatable bonds is 4. The number of alkyl halides is 3. The summed E-state index contributed by atoms with van der Waals surface area (Å²) in [5, 5.41) is 12.2. The summed E-state index contributed by atoms with van der Waals surface area (Å²) in [6, 6.07) is 5.20. The maximum Gasteiger partial charge on any atom is 0.422 e. The second kappa shape index (κ2) is 6.69. The largest absolute Gasteiger partial charge is 0.484 e. The third-order valence-corrected chi connectivity index (χ3v) is 5.07. The Hall–Kier alpha value is -2.45. The van der Waals surface area contributed by atoms with E-state index in [1.807, 2.05) is 0 Å². The molecule has 1 aliphatic heterocycles. The number of carbonyl (C=O) groups excluding carboxylic acids is 1. The van der Waals surface area contributed by atoms with Crippen molar-refractivity contribution in [1.29, 1.82) is 0 Å². The van der Waals surface area contributed by atoms with Gasteiger partial charge in [-0.25, -0.2) is 4.79 Å². The van der Waals surface area contributed by atoms with Gasteiger partial charge in [0.05, 0.1) is 5.41 Å². The van der Waals surface area contributed by atoms with Crippen LogP contribution in [0.4, 0.5) is 23.7 Å². The smallest absolute Gasteiger partial charge is 0.422 e. The number of carbonyl (C=O) groups is 2. The second-order valence-electron chi connectivity index (χ2n) is 6.79. The summed E-state index contributed by atoms with van der Waals surface area (Å²) in [6.07, 6.45) is -2.28. The molecule has 0 spiro atoms. The zero-order valence-corrected chi connectivity index (χ0v) is 13.9. The molecule has 1 aromatic carbocycles. The Bertz CT molecular complexity index is 709. The number of hydrogen-bond donors (Lipinski definition) is 2. The van der Waals surface area contributed by atoms with E-state index in [1.165, 1.54) is 29.2 Å². The zero-order chi connectivity index (χ0) is 18.9. The normalized spacial score (nSPS) is 25.0. The molecule has 0 aromatic heterocycles. The molecule has 1 saturated carbocycles. The third kappa shape index (κ3) is 3.71. The lowest BCUT2D eigenvalue weighted by atomic mass is 9.81. The van der Waals surface area contributed by atoms with Crippen LogP contribution in [0, 0.1) is 11.3 Å². The van der Waals surface area contributed by atoms with E-state index >= 15 is 0 Å². The summed E-state index contributed by atoms with van der Waals surface area (Å²) in [5.41, 5.74) is -0.592. The first-order chi connectivity index (χ1) is 12.2. The van der Waals surface area contributed by atoms with Crippen molar-refractivity contribution in [3.05, 3.63) is 24.3 Å². The maximum absolute atomic E-state index is 12.4. The Morgan fingerprint density at radius 2 is 2.15 bits per heavy atom. The molecule has 2 aliphatic rings. The number of amides is 2. The van der Waals surface area contributed by atoms with Gasteiger partial charge in [0.2, 0.25) is 0 Å². The van der Waals surface area contributed by atoms with Crippen LogP contribution in [0.15, 0.2) is 24.3 Å². The van der Waals surface area contributed by atoms with Crippen molar-refractivity contribution in [1.82, 2.24) is 4.90 Å². The molecule has 2 fully saturated rings. The van der Waals surface area contributed by atoms with Crippen LogP contribution >= 0.6 is 0 Å². The molecule has 1 heterocycles. The van der Waals surface area contributed by atoms with Crippen molar-refractivity contribution >= 4 is 17.7 Å². The maximum atomic E-state index is 12.4. The number of nitrogens with zero attached hydrogens (tertiary/aromatic N) is 1. The summed E-state index contributed by atoms with van der Waals surface area (Å²) in [5.74, 6) is -0.953. The van der Waals surface area contributed by atoms with Crippen LogP contribution in [-0.4, -0.2) is 47.9 Å². The van der Waals surface area contributed by atoms with Gasteiger partial charge in [-0.1, -0.05) is 12.5 Å². The fraction of sp³-hybridized carbons (Fsp3) is 0.529. The first-order valence-corrected chi connectivity index (χ1v) is 8.28. The van der Waals surface area contributed by atoms with Gasteiger partial charge in [-0.3, -0.25) is 4.79 Å². The summed E-state index contributed by atoms with van der Waals surface area (Å²) >= 11 is 0. The molecule has 2 atom stereocenters. The first kappa shape index (κ1) is 18.3. The second-order valence-corrected chi connectivity index (χ2v) is 6.79. The first-order valence-electron chi connectivity index (χ1n) is 8.28. The van der Waals surface area contributed by atoms with Crippen molar-refractivity contribution in [3.8, 4) is 5.75 Å². The van der Waals surface area contributed by atoms with Gasteiger partial charge in [-0.2, -0.15) is 13.2 Å². The van der Waals surface area contributed by atoms with Crippen LogP contribution in [0.5, 0.6) is 5.75 Å². The number of aliphatic carboxylic acids is 1. The zero-order valence-electron chi connectivity index (χ0n) is 13.9. The van der Waals surface area contributed by atoms with Gasteiger partial charge in [0.15, 0.2) is 6.61 Å². The van der Waals surface area contributed by atoms with Crippen LogP contribution in [0.2, 0.25) is 0 Å².